The lowest BCUT2D eigenvalue weighted by Crippen LogP contribution is -2.60. The number of Topliss-reactive ketones (excluding diaryl/α,β-unsaturated/α-hetero) is 2. The van der Waals surface area contributed by atoms with Crippen LogP contribution in [-0.4, -0.2) is 46.4 Å². The van der Waals surface area contributed by atoms with Crippen molar-refractivity contribution < 1.29 is 24.2 Å². The first kappa shape index (κ1) is 20.1. The number of benzene rings is 1. The first-order valence-electron chi connectivity index (χ1n) is 8.71. The van der Waals surface area contributed by atoms with E-state index < -0.39 is 29.6 Å². The second-order valence-corrected chi connectivity index (χ2v) is 9.36. The van der Waals surface area contributed by atoms with E-state index in [0.29, 0.717) is 21.7 Å². The Bertz CT molecular complexity index is 819. The molecule has 1 amide bonds. The maximum Gasteiger partial charge on any atom is 0.407 e. The minimum Gasteiger partial charge on any atom is -0.481 e. The van der Waals surface area contributed by atoms with E-state index in [0.717, 1.165) is 5.56 Å². The Morgan fingerprint density at radius 3 is 2.59 bits per heavy atom. The molecule has 0 aromatic heterocycles. The predicted molar refractivity (Wildman–Crippen MR) is 103 cm³/mol. The molecular weight excluding hydrogens is 438 g/mol. The van der Waals surface area contributed by atoms with Crippen molar-refractivity contribution in [3.05, 3.63) is 27.2 Å². The van der Waals surface area contributed by atoms with Crippen LogP contribution in [0, 0.1) is 11.3 Å². The number of amides is 1. The average molecular weight is 459 g/mol. The fourth-order valence-electron chi connectivity index (χ4n) is 4.02. The summed E-state index contributed by atoms with van der Waals surface area (Å²) in [6, 6.07) is 2.69. The summed E-state index contributed by atoms with van der Waals surface area (Å²) in [5.41, 5.74) is 0.211. The van der Waals surface area contributed by atoms with Crippen molar-refractivity contribution in [2.24, 2.45) is 11.3 Å². The van der Waals surface area contributed by atoms with Gasteiger partial charge >= 0.3 is 6.09 Å². The van der Waals surface area contributed by atoms with Gasteiger partial charge in [0.25, 0.3) is 0 Å². The number of rotatable bonds is 2. The Hall–Kier alpha value is -1.60. The summed E-state index contributed by atoms with van der Waals surface area (Å²) in [7, 11) is 0. The molecule has 0 spiro atoms. The molecule has 1 aromatic carbocycles. The third kappa shape index (κ3) is 3.72. The molecule has 6 nitrogen and oxygen atoms in total. The standard InChI is InChI=1S/C19H21BrClNO5/c1-19(2,3)17-14(12(23)4-5-22(17)18(25)26)15(24)13-7-9-6-10(21)8-11(20)16(9)27-13/h6,8,13-14,17H,4-5,7H2,1-3H3,(H,25,26). The summed E-state index contributed by atoms with van der Waals surface area (Å²) >= 11 is 9.45. The number of carbonyl (C=O) groups is 3. The summed E-state index contributed by atoms with van der Waals surface area (Å²) in [5, 5.41) is 10.1. The third-order valence-corrected chi connectivity index (χ3v) is 5.91. The van der Waals surface area contributed by atoms with Crippen molar-refractivity contribution in [3.8, 4) is 5.75 Å². The second-order valence-electron chi connectivity index (χ2n) is 8.07. The van der Waals surface area contributed by atoms with Crippen molar-refractivity contribution in [1.29, 1.82) is 0 Å². The lowest BCUT2D eigenvalue weighted by Gasteiger charge is -2.45. The van der Waals surface area contributed by atoms with Gasteiger partial charge in [-0.05, 0) is 33.5 Å². The molecule has 1 saturated heterocycles. The third-order valence-electron chi connectivity index (χ3n) is 5.11. The number of hydrogen-bond acceptors (Lipinski definition) is 4. The molecule has 0 aliphatic carbocycles. The van der Waals surface area contributed by atoms with Crippen LogP contribution in [0.3, 0.4) is 0 Å². The van der Waals surface area contributed by atoms with E-state index in [1.54, 1.807) is 12.1 Å². The molecule has 3 rings (SSSR count). The van der Waals surface area contributed by atoms with Crippen LogP contribution in [0.4, 0.5) is 4.79 Å². The van der Waals surface area contributed by atoms with E-state index in [2.05, 4.69) is 15.9 Å². The SMILES string of the molecule is CC(C)(C)C1C(C(=O)C2Cc3cc(Cl)cc(Br)c3O2)C(=O)CCN1C(=O)O. The Morgan fingerprint density at radius 1 is 1.33 bits per heavy atom. The van der Waals surface area contributed by atoms with Crippen LogP contribution >= 0.6 is 27.5 Å². The van der Waals surface area contributed by atoms with Crippen LogP contribution in [0.25, 0.3) is 0 Å². The molecule has 2 aliphatic rings. The van der Waals surface area contributed by atoms with E-state index in [1.807, 2.05) is 20.8 Å². The molecule has 1 N–H and O–H groups in total. The highest BCUT2D eigenvalue weighted by Gasteiger charge is 2.51. The van der Waals surface area contributed by atoms with E-state index >= 15 is 0 Å². The van der Waals surface area contributed by atoms with Crippen LogP contribution in [0.5, 0.6) is 5.75 Å². The molecule has 0 saturated carbocycles. The van der Waals surface area contributed by atoms with Gasteiger partial charge in [-0.3, -0.25) is 9.59 Å². The first-order chi connectivity index (χ1) is 12.5. The molecule has 2 heterocycles. The fourth-order valence-corrected chi connectivity index (χ4v) is 4.98. The Kier molecular flexibility index (Phi) is 5.29. The number of likely N-dealkylation sites (tertiary alicyclic amines) is 1. The predicted octanol–water partition coefficient (Wildman–Crippen LogP) is 3.96. The summed E-state index contributed by atoms with van der Waals surface area (Å²) < 4.78 is 6.49. The van der Waals surface area contributed by atoms with Crippen LogP contribution in [0.2, 0.25) is 5.02 Å². The van der Waals surface area contributed by atoms with Crippen molar-refractivity contribution in [2.75, 3.05) is 6.54 Å². The smallest absolute Gasteiger partial charge is 0.407 e. The lowest BCUT2D eigenvalue weighted by molar-refractivity contribution is -0.145. The molecular formula is C19H21BrClNO5. The zero-order chi connectivity index (χ0) is 20.1. The molecule has 2 aliphatic heterocycles. The van der Waals surface area contributed by atoms with Gasteiger partial charge in [-0.1, -0.05) is 32.4 Å². The number of piperidine rings is 1. The van der Waals surface area contributed by atoms with Gasteiger partial charge < -0.3 is 14.7 Å². The molecule has 3 atom stereocenters. The van der Waals surface area contributed by atoms with Gasteiger partial charge in [0, 0.05) is 30.0 Å². The quantitative estimate of drug-likeness (QED) is 0.678. The number of ether oxygens (including phenoxy) is 1. The topological polar surface area (TPSA) is 83.9 Å². The Morgan fingerprint density at radius 2 is 2.00 bits per heavy atom. The van der Waals surface area contributed by atoms with Gasteiger partial charge in [0.2, 0.25) is 0 Å². The molecule has 0 bridgehead atoms. The highest BCUT2D eigenvalue weighted by atomic mass is 79.9. The molecule has 1 aromatic rings. The number of fused-ring (bicyclic) bond motifs is 1. The van der Waals surface area contributed by atoms with Gasteiger partial charge in [0.15, 0.2) is 11.9 Å². The number of carbonyl (C=O) groups excluding carboxylic acids is 2. The average Bonchev–Trinajstić information content (AvgIpc) is 2.97. The van der Waals surface area contributed by atoms with Crippen molar-refractivity contribution in [3.63, 3.8) is 0 Å². The minimum atomic E-state index is -1.12. The number of halogens is 2. The van der Waals surface area contributed by atoms with Gasteiger partial charge in [-0.25, -0.2) is 4.79 Å². The maximum atomic E-state index is 13.3. The highest BCUT2D eigenvalue weighted by molar-refractivity contribution is 9.10. The van der Waals surface area contributed by atoms with Gasteiger partial charge in [0.1, 0.15) is 17.5 Å². The molecule has 3 unspecified atom stereocenters. The molecule has 1 fully saturated rings. The monoisotopic (exact) mass is 457 g/mol. The van der Waals surface area contributed by atoms with Gasteiger partial charge in [-0.2, -0.15) is 0 Å². The summed E-state index contributed by atoms with van der Waals surface area (Å²) in [6.07, 6.45) is -1.61. The number of carboxylic acid groups (broad SMARTS) is 1. The molecule has 146 valence electrons. The summed E-state index contributed by atoms with van der Waals surface area (Å²) in [5.74, 6) is -1.09. The van der Waals surface area contributed by atoms with Gasteiger partial charge in [0.05, 0.1) is 10.5 Å². The van der Waals surface area contributed by atoms with E-state index in [1.165, 1.54) is 4.90 Å². The normalized spacial score (nSPS) is 25.1. The van der Waals surface area contributed by atoms with E-state index in [4.69, 9.17) is 16.3 Å². The highest BCUT2D eigenvalue weighted by Crippen LogP contribution is 2.41. The van der Waals surface area contributed by atoms with Crippen molar-refractivity contribution in [2.45, 2.75) is 45.8 Å². The number of ketones is 2. The first-order valence-corrected chi connectivity index (χ1v) is 9.88. The summed E-state index contributed by atoms with van der Waals surface area (Å²) in [6.45, 7) is 5.63. The fraction of sp³-hybridized carbons (Fsp3) is 0.526. The Balaban J connectivity index is 1.93. The maximum absolute atomic E-state index is 13.3. The van der Waals surface area contributed by atoms with Crippen LogP contribution in [0.1, 0.15) is 32.8 Å². The van der Waals surface area contributed by atoms with Gasteiger partial charge in [-0.15, -0.1) is 0 Å². The Labute approximate surface area is 170 Å². The van der Waals surface area contributed by atoms with Crippen molar-refractivity contribution in [1.82, 2.24) is 4.90 Å². The number of nitrogens with zero attached hydrogens (tertiary/aromatic N) is 1. The second kappa shape index (κ2) is 7.09. The minimum absolute atomic E-state index is 0.0322. The lowest BCUT2D eigenvalue weighted by atomic mass is 9.71. The number of hydrogen-bond donors (Lipinski definition) is 1. The zero-order valence-electron chi connectivity index (χ0n) is 15.3. The van der Waals surface area contributed by atoms with Crippen molar-refractivity contribution >= 4 is 45.2 Å². The van der Waals surface area contributed by atoms with Crippen LogP contribution in [0.15, 0.2) is 16.6 Å². The largest absolute Gasteiger partial charge is 0.481 e. The molecule has 8 heteroatoms. The van der Waals surface area contributed by atoms with Crippen LogP contribution < -0.4 is 4.74 Å². The molecule has 0 radical (unpaired) electrons. The zero-order valence-corrected chi connectivity index (χ0v) is 17.6. The van der Waals surface area contributed by atoms with E-state index in [-0.39, 0.29) is 24.5 Å². The van der Waals surface area contributed by atoms with Crippen LogP contribution in [-0.2, 0) is 16.0 Å². The van der Waals surface area contributed by atoms with E-state index in [9.17, 15) is 19.5 Å². The molecule has 27 heavy (non-hydrogen) atoms. The summed E-state index contributed by atoms with van der Waals surface area (Å²) in [4.78, 5) is 38.9.